The van der Waals surface area contributed by atoms with Crippen molar-refractivity contribution in [3.8, 4) is 0 Å². The molecule has 0 saturated carbocycles. The Morgan fingerprint density at radius 1 is 0.964 bits per heavy atom. The largest absolute Gasteiger partial charge is 0.456 e. The van der Waals surface area contributed by atoms with Crippen LogP contribution in [0.3, 0.4) is 0 Å². The van der Waals surface area contributed by atoms with Gasteiger partial charge in [0.2, 0.25) is 5.91 Å². The molecular formula is C20H21ClN2O4S. The van der Waals surface area contributed by atoms with Gasteiger partial charge in [0, 0.05) is 34.6 Å². The van der Waals surface area contributed by atoms with E-state index in [0.717, 1.165) is 10.6 Å². The molecule has 0 aliphatic rings. The van der Waals surface area contributed by atoms with E-state index in [0.29, 0.717) is 22.8 Å². The van der Waals surface area contributed by atoms with Crippen LogP contribution in [0.5, 0.6) is 0 Å². The predicted molar refractivity (Wildman–Crippen MR) is 112 cm³/mol. The Morgan fingerprint density at radius 2 is 1.57 bits per heavy atom. The Hall–Kier alpha value is -2.51. The molecule has 2 aromatic rings. The Balaban J connectivity index is 1.61. The third-order valence-electron chi connectivity index (χ3n) is 3.46. The van der Waals surface area contributed by atoms with Crippen LogP contribution in [-0.4, -0.2) is 30.1 Å². The molecule has 6 nitrogen and oxygen atoms in total. The highest BCUT2D eigenvalue weighted by Gasteiger charge is 2.08. The van der Waals surface area contributed by atoms with E-state index in [1.165, 1.54) is 6.92 Å². The second-order valence-electron chi connectivity index (χ2n) is 5.87. The summed E-state index contributed by atoms with van der Waals surface area (Å²) in [6, 6.07) is 14.1. The van der Waals surface area contributed by atoms with Crippen molar-refractivity contribution in [3.63, 3.8) is 0 Å². The molecule has 0 aliphatic heterocycles. The number of rotatable bonds is 9. The Bertz CT molecular complexity index is 810. The number of carbonyl (C=O) groups is 3. The first-order valence-corrected chi connectivity index (χ1v) is 10.0. The van der Waals surface area contributed by atoms with Crippen molar-refractivity contribution in [3.05, 3.63) is 53.6 Å². The fraction of sp³-hybridized carbons (Fsp3) is 0.250. The van der Waals surface area contributed by atoms with Gasteiger partial charge in [-0.3, -0.25) is 14.4 Å². The molecule has 8 heteroatoms. The second kappa shape index (κ2) is 11.4. The van der Waals surface area contributed by atoms with Crippen molar-refractivity contribution in [1.82, 2.24) is 0 Å². The zero-order chi connectivity index (χ0) is 20.4. The third-order valence-corrected chi connectivity index (χ3v) is 4.81. The van der Waals surface area contributed by atoms with Crippen LogP contribution < -0.4 is 10.6 Å². The first-order chi connectivity index (χ1) is 13.4. The minimum absolute atomic E-state index is 0.171. The van der Waals surface area contributed by atoms with Crippen molar-refractivity contribution in [2.45, 2.75) is 24.7 Å². The number of ether oxygens (including phenoxy) is 1. The molecule has 0 heterocycles. The number of thioether (sulfide) groups is 1. The van der Waals surface area contributed by atoms with E-state index < -0.39 is 11.9 Å². The molecule has 148 valence electrons. The summed E-state index contributed by atoms with van der Waals surface area (Å²) in [5.74, 6) is -0.233. The van der Waals surface area contributed by atoms with Crippen LogP contribution >= 0.6 is 23.4 Å². The molecular weight excluding hydrogens is 400 g/mol. The minimum Gasteiger partial charge on any atom is -0.456 e. The van der Waals surface area contributed by atoms with Gasteiger partial charge in [0.05, 0.1) is 0 Å². The summed E-state index contributed by atoms with van der Waals surface area (Å²) in [5.41, 5.74) is 1.18. The molecule has 0 aromatic heterocycles. The number of hydrogen-bond donors (Lipinski definition) is 2. The van der Waals surface area contributed by atoms with Crippen molar-refractivity contribution in [1.29, 1.82) is 0 Å². The van der Waals surface area contributed by atoms with E-state index in [-0.39, 0.29) is 18.9 Å². The van der Waals surface area contributed by atoms with E-state index in [9.17, 15) is 14.4 Å². The highest BCUT2D eigenvalue weighted by Crippen LogP contribution is 2.21. The number of nitrogens with one attached hydrogen (secondary N) is 2. The molecule has 2 rings (SSSR count). The van der Waals surface area contributed by atoms with Gasteiger partial charge in [-0.1, -0.05) is 11.6 Å². The average molecular weight is 421 g/mol. The summed E-state index contributed by atoms with van der Waals surface area (Å²) in [6.45, 7) is 1.08. The van der Waals surface area contributed by atoms with Crippen LogP contribution in [0.15, 0.2) is 53.4 Å². The van der Waals surface area contributed by atoms with Crippen molar-refractivity contribution >= 4 is 52.5 Å². The molecule has 0 saturated heterocycles. The van der Waals surface area contributed by atoms with E-state index in [1.807, 2.05) is 24.3 Å². The summed E-state index contributed by atoms with van der Waals surface area (Å²) in [7, 11) is 0. The zero-order valence-electron chi connectivity index (χ0n) is 15.4. The Labute approximate surface area is 173 Å². The molecule has 0 bridgehead atoms. The molecule has 0 spiro atoms. The summed E-state index contributed by atoms with van der Waals surface area (Å²) in [4.78, 5) is 35.6. The molecule has 0 atom stereocenters. The maximum Gasteiger partial charge on any atom is 0.306 e. The molecule has 0 fully saturated rings. The van der Waals surface area contributed by atoms with Crippen LogP contribution in [0.2, 0.25) is 5.02 Å². The second-order valence-corrected chi connectivity index (χ2v) is 7.48. The third kappa shape index (κ3) is 8.45. The summed E-state index contributed by atoms with van der Waals surface area (Å²) < 4.78 is 4.99. The van der Waals surface area contributed by atoms with Gasteiger partial charge in [0.25, 0.3) is 5.91 Å². The standard InChI is InChI=1S/C20H21ClN2O4S/c1-14(24)22-16-6-8-17(9-7-16)23-19(25)13-27-20(26)3-2-12-28-18-10-4-15(21)5-11-18/h4-11H,2-3,12-13H2,1H3,(H,22,24)(H,23,25). The quantitative estimate of drug-likeness (QED) is 0.358. The number of anilines is 2. The van der Waals surface area contributed by atoms with Gasteiger partial charge in [-0.2, -0.15) is 0 Å². The minimum atomic E-state index is -0.420. The zero-order valence-corrected chi connectivity index (χ0v) is 16.9. The number of carbonyl (C=O) groups excluding carboxylic acids is 3. The topological polar surface area (TPSA) is 84.5 Å². The normalized spacial score (nSPS) is 10.2. The molecule has 0 radical (unpaired) electrons. The van der Waals surface area contributed by atoms with Gasteiger partial charge in [0.1, 0.15) is 0 Å². The van der Waals surface area contributed by atoms with Crippen LogP contribution in [0.25, 0.3) is 0 Å². The molecule has 2 N–H and O–H groups in total. The maximum absolute atomic E-state index is 11.8. The van der Waals surface area contributed by atoms with Crippen molar-refractivity contribution < 1.29 is 19.1 Å². The monoisotopic (exact) mass is 420 g/mol. The summed E-state index contributed by atoms with van der Waals surface area (Å²) in [6.07, 6.45) is 0.900. The number of esters is 1. The van der Waals surface area contributed by atoms with Crippen molar-refractivity contribution in [2.24, 2.45) is 0 Å². The average Bonchev–Trinajstić information content (AvgIpc) is 2.66. The number of hydrogen-bond acceptors (Lipinski definition) is 5. The molecule has 2 aromatic carbocycles. The lowest BCUT2D eigenvalue weighted by atomic mass is 10.2. The van der Waals surface area contributed by atoms with Crippen LogP contribution in [0, 0.1) is 0 Å². The van der Waals surface area contributed by atoms with Gasteiger partial charge in [-0.25, -0.2) is 0 Å². The lowest BCUT2D eigenvalue weighted by molar-refractivity contribution is -0.147. The molecule has 0 aliphatic carbocycles. The van der Waals surface area contributed by atoms with E-state index in [2.05, 4.69) is 10.6 Å². The first kappa shape index (κ1) is 21.8. The van der Waals surface area contributed by atoms with E-state index >= 15 is 0 Å². The summed E-state index contributed by atoms with van der Waals surface area (Å²) >= 11 is 7.46. The van der Waals surface area contributed by atoms with Gasteiger partial charge in [-0.05, 0) is 60.7 Å². The maximum atomic E-state index is 11.8. The van der Waals surface area contributed by atoms with E-state index in [1.54, 1.807) is 36.0 Å². The van der Waals surface area contributed by atoms with Crippen LogP contribution in [0.4, 0.5) is 11.4 Å². The van der Waals surface area contributed by atoms with Gasteiger partial charge in [-0.15, -0.1) is 11.8 Å². The first-order valence-electron chi connectivity index (χ1n) is 8.64. The molecule has 0 unspecified atom stereocenters. The Kier molecular flexibility index (Phi) is 8.84. The lowest BCUT2D eigenvalue weighted by Gasteiger charge is -2.08. The fourth-order valence-corrected chi connectivity index (χ4v) is 3.17. The highest BCUT2D eigenvalue weighted by molar-refractivity contribution is 7.99. The van der Waals surface area contributed by atoms with Crippen LogP contribution in [0.1, 0.15) is 19.8 Å². The van der Waals surface area contributed by atoms with Gasteiger partial charge in [0.15, 0.2) is 6.61 Å². The van der Waals surface area contributed by atoms with Crippen molar-refractivity contribution in [2.75, 3.05) is 23.0 Å². The molecule has 28 heavy (non-hydrogen) atoms. The predicted octanol–water partition coefficient (Wildman–Crippen LogP) is 4.35. The fourth-order valence-electron chi connectivity index (χ4n) is 2.19. The number of benzene rings is 2. The van der Waals surface area contributed by atoms with E-state index in [4.69, 9.17) is 16.3 Å². The Morgan fingerprint density at radius 3 is 2.18 bits per heavy atom. The number of halogens is 1. The smallest absolute Gasteiger partial charge is 0.306 e. The van der Waals surface area contributed by atoms with Crippen LogP contribution in [-0.2, 0) is 19.1 Å². The SMILES string of the molecule is CC(=O)Nc1ccc(NC(=O)COC(=O)CCCSc2ccc(Cl)cc2)cc1. The summed E-state index contributed by atoms with van der Waals surface area (Å²) in [5, 5.41) is 5.95. The van der Waals surface area contributed by atoms with Gasteiger partial charge >= 0.3 is 5.97 Å². The highest BCUT2D eigenvalue weighted by atomic mass is 35.5. The number of amides is 2. The van der Waals surface area contributed by atoms with Gasteiger partial charge < -0.3 is 15.4 Å². The molecule has 2 amide bonds. The lowest BCUT2D eigenvalue weighted by Crippen LogP contribution is -2.20.